The molecule has 0 N–H and O–H groups in total. The largest absolute Gasteiger partial charge is 0.450 e. The van der Waals surface area contributed by atoms with Crippen molar-refractivity contribution >= 4 is 33.3 Å². The lowest BCUT2D eigenvalue weighted by atomic mass is 9.99. The molecule has 138 valence electrons. The summed E-state index contributed by atoms with van der Waals surface area (Å²) in [5, 5.41) is 1.05. The van der Waals surface area contributed by atoms with Crippen LogP contribution >= 0.6 is 11.3 Å². The Morgan fingerprint density at radius 3 is 2.43 bits per heavy atom. The number of rotatable bonds is 2. The average Bonchev–Trinajstić information content (AvgIpc) is 3.19. The van der Waals surface area contributed by atoms with Crippen molar-refractivity contribution in [3.8, 4) is 0 Å². The smallest absolute Gasteiger partial charge is 0.297 e. The van der Waals surface area contributed by atoms with Crippen LogP contribution in [-0.4, -0.2) is 10.9 Å². The van der Waals surface area contributed by atoms with Crippen LogP contribution in [0.2, 0.25) is 0 Å². The van der Waals surface area contributed by atoms with Crippen molar-refractivity contribution in [1.82, 2.24) is 4.98 Å². The van der Waals surface area contributed by atoms with Crippen molar-refractivity contribution in [2.75, 3.05) is 4.90 Å². The summed E-state index contributed by atoms with van der Waals surface area (Å²) in [5.74, 6) is -0.233. The SMILES string of the molecule is Cc1nc(N2C(=O)c3oc4ccccc4c(=O)c3[C@@H]2c2ccccc2)sc1C. The molecule has 0 aliphatic carbocycles. The fraction of sp³-hybridized carbons (Fsp3) is 0.136. The Kier molecular flexibility index (Phi) is 3.70. The summed E-state index contributed by atoms with van der Waals surface area (Å²) < 4.78 is 5.92. The van der Waals surface area contributed by atoms with Gasteiger partial charge in [-0.05, 0) is 31.5 Å². The molecule has 0 unspecified atom stereocenters. The Bertz CT molecular complexity index is 1270. The van der Waals surface area contributed by atoms with E-state index in [9.17, 15) is 9.59 Å². The van der Waals surface area contributed by atoms with E-state index in [4.69, 9.17) is 4.42 Å². The van der Waals surface area contributed by atoms with Gasteiger partial charge in [-0.25, -0.2) is 4.98 Å². The number of benzene rings is 2. The summed E-state index contributed by atoms with van der Waals surface area (Å²) in [6.07, 6.45) is 0. The van der Waals surface area contributed by atoms with Crippen LogP contribution in [0.3, 0.4) is 0 Å². The van der Waals surface area contributed by atoms with Gasteiger partial charge in [0.15, 0.2) is 10.6 Å². The second-order valence-electron chi connectivity index (χ2n) is 6.80. The minimum absolute atomic E-state index is 0.100. The number of nitrogens with zero attached hydrogens (tertiary/aromatic N) is 2. The van der Waals surface area contributed by atoms with Crippen LogP contribution in [0.4, 0.5) is 5.13 Å². The van der Waals surface area contributed by atoms with E-state index in [1.54, 1.807) is 29.2 Å². The highest BCUT2D eigenvalue weighted by atomic mass is 32.1. The summed E-state index contributed by atoms with van der Waals surface area (Å²) in [5.41, 5.74) is 2.34. The van der Waals surface area contributed by atoms with Crippen LogP contribution in [0.5, 0.6) is 0 Å². The molecule has 3 heterocycles. The molecule has 6 heteroatoms. The second kappa shape index (κ2) is 6.14. The Balaban J connectivity index is 1.83. The van der Waals surface area contributed by atoms with E-state index >= 15 is 0 Å². The van der Waals surface area contributed by atoms with Gasteiger partial charge in [0.25, 0.3) is 5.91 Å². The Morgan fingerprint density at radius 1 is 1.00 bits per heavy atom. The highest BCUT2D eigenvalue weighted by molar-refractivity contribution is 7.15. The van der Waals surface area contributed by atoms with E-state index in [0.29, 0.717) is 21.7 Å². The number of carbonyl (C=O) groups excluding carboxylic acids is 1. The van der Waals surface area contributed by atoms with Gasteiger partial charge in [0.2, 0.25) is 5.76 Å². The maximum atomic E-state index is 13.4. The fourth-order valence-corrected chi connectivity index (χ4v) is 4.56. The lowest BCUT2D eigenvalue weighted by molar-refractivity contribution is 0.0971. The molecule has 0 bridgehead atoms. The number of amides is 1. The summed E-state index contributed by atoms with van der Waals surface area (Å²) in [4.78, 5) is 33.9. The number of anilines is 1. The van der Waals surface area contributed by atoms with Crippen molar-refractivity contribution in [2.24, 2.45) is 0 Å². The lowest BCUT2D eigenvalue weighted by Crippen LogP contribution is -2.29. The maximum absolute atomic E-state index is 13.4. The number of hydrogen-bond acceptors (Lipinski definition) is 5. The zero-order valence-corrected chi connectivity index (χ0v) is 16.1. The summed E-state index contributed by atoms with van der Waals surface area (Å²) in [6, 6.07) is 16.0. The molecule has 5 rings (SSSR count). The number of hydrogen-bond donors (Lipinski definition) is 0. The monoisotopic (exact) mass is 388 g/mol. The molecule has 0 fully saturated rings. The van der Waals surface area contributed by atoms with Gasteiger partial charge >= 0.3 is 0 Å². The van der Waals surface area contributed by atoms with Gasteiger partial charge in [-0.3, -0.25) is 14.5 Å². The minimum atomic E-state index is -0.561. The summed E-state index contributed by atoms with van der Waals surface area (Å²) >= 11 is 1.44. The van der Waals surface area contributed by atoms with E-state index in [1.807, 2.05) is 44.2 Å². The molecule has 2 aromatic carbocycles. The average molecular weight is 388 g/mol. The van der Waals surface area contributed by atoms with Crippen molar-refractivity contribution in [3.05, 3.63) is 92.3 Å². The predicted octanol–water partition coefficient (Wildman–Crippen LogP) is 4.62. The number of aryl methyl sites for hydroxylation is 2. The maximum Gasteiger partial charge on any atom is 0.297 e. The molecule has 5 nitrogen and oxygen atoms in total. The van der Waals surface area contributed by atoms with Crippen LogP contribution in [0.1, 0.15) is 38.3 Å². The topological polar surface area (TPSA) is 63.4 Å². The predicted molar refractivity (Wildman–Crippen MR) is 109 cm³/mol. The van der Waals surface area contributed by atoms with Gasteiger partial charge in [0.1, 0.15) is 5.58 Å². The summed E-state index contributed by atoms with van der Waals surface area (Å²) in [6.45, 7) is 3.89. The molecular weight excluding hydrogens is 372 g/mol. The molecular formula is C22H16N2O3S. The second-order valence-corrected chi connectivity index (χ2v) is 7.98. The number of carbonyl (C=O) groups is 1. The first kappa shape index (κ1) is 16.9. The van der Waals surface area contributed by atoms with E-state index < -0.39 is 6.04 Å². The van der Waals surface area contributed by atoms with Crippen molar-refractivity contribution in [1.29, 1.82) is 0 Å². The van der Waals surface area contributed by atoms with Gasteiger partial charge in [-0.2, -0.15) is 0 Å². The first-order valence-electron chi connectivity index (χ1n) is 8.94. The van der Waals surface area contributed by atoms with E-state index in [2.05, 4.69) is 4.98 Å². The van der Waals surface area contributed by atoms with Gasteiger partial charge < -0.3 is 4.42 Å². The molecule has 2 aromatic heterocycles. The van der Waals surface area contributed by atoms with Crippen LogP contribution in [-0.2, 0) is 0 Å². The van der Waals surface area contributed by atoms with Gasteiger partial charge in [0, 0.05) is 4.88 Å². The van der Waals surface area contributed by atoms with E-state index in [1.165, 1.54) is 11.3 Å². The van der Waals surface area contributed by atoms with E-state index in [0.717, 1.165) is 16.1 Å². The molecule has 1 aliphatic heterocycles. The number of aromatic nitrogens is 1. The third-order valence-electron chi connectivity index (χ3n) is 5.12. The molecule has 0 saturated carbocycles. The molecule has 0 spiro atoms. The summed E-state index contributed by atoms with van der Waals surface area (Å²) in [7, 11) is 0. The highest BCUT2D eigenvalue weighted by Crippen LogP contribution is 2.42. The van der Waals surface area contributed by atoms with Crippen molar-refractivity contribution in [2.45, 2.75) is 19.9 Å². The molecule has 0 saturated heterocycles. The van der Waals surface area contributed by atoms with Crippen LogP contribution in [0, 0.1) is 13.8 Å². The normalized spacial score (nSPS) is 16.0. The first-order valence-corrected chi connectivity index (χ1v) is 9.76. The molecule has 1 aliphatic rings. The van der Waals surface area contributed by atoms with E-state index in [-0.39, 0.29) is 17.1 Å². The minimum Gasteiger partial charge on any atom is -0.450 e. The highest BCUT2D eigenvalue weighted by Gasteiger charge is 2.44. The fourth-order valence-electron chi connectivity index (χ4n) is 3.63. The van der Waals surface area contributed by atoms with Crippen LogP contribution in [0.15, 0.2) is 63.8 Å². The third kappa shape index (κ3) is 2.34. The third-order valence-corrected chi connectivity index (χ3v) is 6.19. The zero-order valence-electron chi connectivity index (χ0n) is 15.3. The lowest BCUT2D eigenvalue weighted by Gasteiger charge is -2.22. The van der Waals surface area contributed by atoms with Crippen molar-refractivity contribution < 1.29 is 9.21 Å². The van der Waals surface area contributed by atoms with Gasteiger partial charge in [0.05, 0.1) is 22.7 Å². The first-order chi connectivity index (χ1) is 13.6. The number of thiazole rings is 1. The Labute approximate surface area is 164 Å². The van der Waals surface area contributed by atoms with Crippen LogP contribution < -0.4 is 10.3 Å². The van der Waals surface area contributed by atoms with Crippen molar-refractivity contribution in [3.63, 3.8) is 0 Å². The number of fused-ring (bicyclic) bond motifs is 2. The number of para-hydroxylation sites is 1. The molecule has 1 atom stereocenters. The molecule has 4 aromatic rings. The molecule has 28 heavy (non-hydrogen) atoms. The van der Waals surface area contributed by atoms with Gasteiger partial charge in [-0.1, -0.05) is 42.5 Å². The molecule has 0 radical (unpaired) electrons. The van der Waals surface area contributed by atoms with Gasteiger partial charge in [-0.15, -0.1) is 11.3 Å². The Morgan fingerprint density at radius 2 is 1.71 bits per heavy atom. The molecule has 1 amide bonds. The quantitative estimate of drug-likeness (QED) is 0.503. The Hall–Kier alpha value is -3.25. The zero-order chi connectivity index (χ0) is 19.4. The van der Waals surface area contributed by atoms with Crippen LogP contribution in [0.25, 0.3) is 11.0 Å². The standard InChI is InChI=1S/C22H16N2O3S/c1-12-13(2)28-22(23-12)24-18(14-8-4-3-5-9-14)17-19(25)15-10-6-7-11-16(15)27-20(17)21(24)26/h3-11,18H,1-2H3/t18-/m0/s1.